The van der Waals surface area contributed by atoms with Crippen LogP contribution in [0.15, 0.2) is 54.6 Å². The molecule has 0 aliphatic carbocycles. The van der Waals surface area contributed by atoms with Gasteiger partial charge in [-0.3, -0.25) is 4.90 Å². The van der Waals surface area contributed by atoms with Crippen LogP contribution in [-0.4, -0.2) is 17.5 Å². The Morgan fingerprint density at radius 2 is 1.46 bits per heavy atom. The lowest BCUT2D eigenvalue weighted by Crippen LogP contribution is -2.44. The van der Waals surface area contributed by atoms with Gasteiger partial charge in [-0.25, -0.2) is 0 Å². The van der Waals surface area contributed by atoms with Crippen molar-refractivity contribution >= 4 is 12.4 Å². The second kappa shape index (κ2) is 8.04. The summed E-state index contributed by atoms with van der Waals surface area (Å²) < 4.78 is 5.91. The van der Waals surface area contributed by atoms with Gasteiger partial charge in [0.25, 0.3) is 0 Å². The molecule has 3 heteroatoms. The van der Waals surface area contributed by atoms with Crippen molar-refractivity contribution in [3.05, 3.63) is 60.2 Å². The molecule has 2 saturated heterocycles. The summed E-state index contributed by atoms with van der Waals surface area (Å²) in [7, 11) is 0. The van der Waals surface area contributed by atoms with Crippen LogP contribution in [0.3, 0.4) is 0 Å². The number of hydrogen-bond acceptors (Lipinski definition) is 2. The fraction of sp³-hybridized carbons (Fsp3) is 0.429. The second-order valence-electron chi connectivity index (χ2n) is 6.82. The lowest BCUT2D eigenvalue weighted by atomic mass is 9.86. The van der Waals surface area contributed by atoms with E-state index in [2.05, 4.69) is 29.2 Å². The van der Waals surface area contributed by atoms with Crippen LogP contribution >= 0.6 is 12.4 Å². The van der Waals surface area contributed by atoms with Gasteiger partial charge in [0.05, 0.1) is 0 Å². The number of fused-ring (bicyclic) bond motifs is 1. The first kappa shape index (κ1) is 17.3. The van der Waals surface area contributed by atoms with Gasteiger partial charge in [0.15, 0.2) is 0 Å². The van der Waals surface area contributed by atoms with Crippen LogP contribution in [0.5, 0.6) is 11.5 Å². The first-order valence-electron chi connectivity index (χ1n) is 8.99. The van der Waals surface area contributed by atoms with Crippen LogP contribution in [0.4, 0.5) is 0 Å². The van der Waals surface area contributed by atoms with Gasteiger partial charge < -0.3 is 4.74 Å². The Morgan fingerprint density at radius 3 is 2.25 bits per heavy atom. The molecule has 0 saturated carbocycles. The fourth-order valence-corrected chi connectivity index (χ4v) is 4.20. The highest BCUT2D eigenvalue weighted by Crippen LogP contribution is 2.38. The second-order valence-corrected chi connectivity index (χ2v) is 6.82. The molecule has 2 aliphatic heterocycles. The summed E-state index contributed by atoms with van der Waals surface area (Å²) in [6, 6.07) is 20.2. The van der Waals surface area contributed by atoms with Gasteiger partial charge in [0.1, 0.15) is 11.5 Å². The highest BCUT2D eigenvalue weighted by molar-refractivity contribution is 5.85. The SMILES string of the molecule is Cl.c1ccc(Oc2ccc([C@@H]3CCC[C@@H]4CCCCN43)cc2)cc1. The zero-order valence-electron chi connectivity index (χ0n) is 14.1. The molecule has 4 rings (SSSR count). The summed E-state index contributed by atoms with van der Waals surface area (Å²) >= 11 is 0. The minimum Gasteiger partial charge on any atom is -0.457 e. The van der Waals surface area contributed by atoms with E-state index in [1.807, 2.05) is 30.3 Å². The monoisotopic (exact) mass is 343 g/mol. The van der Waals surface area contributed by atoms with Crippen LogP contribution in [0, 0.1) is 0 Å². The third kappa shape index (κ3) is 3.76. The Balaban J connectivity index is 0.00000169. The van der Waals surface area contributed by atoms with Crippen LogP contribution in [-0.2, 0) is 0 Å². The number of para-hydroxylation sites is 1. The maximum absolute atomic E-state index is 5.91. The standard InChI is InChI=1S/C21H25NO.ClH/c1-2-9-19(10-3-1)23-20-14-12-17(13-15-20)21-11-6-8-18-7-4-5-16-22(18)21;/h1-3,9-10,12-15,18,21H,4-8,11,16H2;1H/t18-,21-;/m0./s1. The highest BCUT2D eigenvalue weighted by atomic mass is 35.5. The maximum atomic E-state index is 5.91. The van der Waals surface area contributed by atoms with E-state index in [0.717, 1.165) is 17.5 Å². The molecular weight excluding hydrogens is 318 g/mol. The number of ether oxygens (including phenoxy) is 1. The largest absolute Gasteiger partial charge is 0.457 e. The first-order valence-corrected chi connectivity index (χ1v) is 8.99. The molecule has 24 heavy (non-hydrogen) atoms. The summed E-state index contributed by atoms with van der Waals surface area (Å²) in [6.45, 7) is 1.28. The third-order valence-electron chi connectivity index (χ3n) is 5.33. The van der Waals surface area contributed by atoms with E-state index < -0.39 is 0 Å². The van der Waals surface area contributed by atoms with Crippen LogP contribution in [0.1, 0.15) is 50.1 Å². The summed E-state index contributed by atoms with van der Waals surface area (Å²) in [5.41, 5.74) is 1.46. The molecule has 0 aromatic heterocycles. The Labute approximate surface area is 151 Å². The topological polar surface area (TPSA) is 12.5 Å². The average molecular weight is 344 g/mol. The number of hydrogen-bond donors (Lipinski definition) is 0. The summed E-state index contributed by atoms with van der Waals surface area (Å²) in [5, 5.41) is 0. The zero-order valence-corrected chi connectivity index (χ0v) is 14.9. The Bertz CT molecular complexity index is 626. The van der Waals surface area contributed by atoms with E-state index in [1.54, 1.807) is 0 Å². The molecule has 2 aliphatic rings. The van der Waals surface area contributed by atoms with Crippen molar-refractivity contribution in [2.45, 2.75) is 50.6 Å². The maximum Gasteiger partial charge on any atom is 0.127 e. The molecule has 0 amide bonds. The number of halogens is 1. The van der Waals surface area contributed by atoms with Gasteiger partial charge in [0.2, 0.25) is 0 Å². The van der Waals surface area contributed by atoms with Gasteiger partial charge in [-0.1, -0.05) is 36.8 Å². The smallest absolute Gasteiger partial charge is 0.127 e. The Hall–Kier alpha value is -1.51. The van der Waals surface area contributed by atoms with E-state index in [1.165, 1.54) is 50.6 Å². The van der Waals surface area contributed by atoms with E-state index in [4.69, 9.17) is 4.74 Å². The van der Waals surface area contributed by atoms with Crippen molar-refractivity contribution in [1.29, 1.82) is 0 Å². The zero-order chi connectivity index (χ0) is 15.5. The van der Waals surface area contributed by atoms with E-state index in [0.29, 0.717) is 6.04 Å². The van der Waals surface area contributed by atoms with Crippen molar-refractivity contribution in [3.63, 3.8) is 0 Å². The highest BCUT2D eigenvalue weighted by Gasteiger charge is 2.32. The molecule has 0 spiro atoms. The molecule has 2 aromatic rings. The van der Waals surface area contributed by atoms with Gasteiger partial charge >= 0.3 is 0 Å². The van der Waals surface area contributed by atoms with Crippen molar-refractivity contribution in [2.24, 2.45) is 0 Å². The molecule has 2 heterocycles. The minimum atomic E-state index is 0. The molecule has 2 aromatic carbocycles. The molecule has 0 unspecified atom stereocenters. The molecule has 0 bridgehead atoms. The van der Waals surface area contributed by atoms with Gasteiger partial charge in [-0.15, -0.1) is 12.4 Å². The Morgan fingerprint density at radius 1 is 0.750 bits per heavy atom. The van der Waals surface area contributed by atoms with Crippen LogP contribution in [0.25, 0.3) is 0 Å². The van der Waals surface area contributed by atoms with Crippen molar-refractivity contribution < 1.29 is 4.74 Å². The van der Waals surface area contributed by atoms with E-state index in [9.17, 15) is 0 Å². The van der Waals surface area contributed by atoms with Crippen molar-refractivity contribution in [2.75, 3.05) is 6.54 Å². The molecule has 2 fully saturated rings. The lowest BCUT2D eigenvalue weighted by Gasteiger charge is -2.45. The van der Waals surface area contributed by atoms with E-state index in [-0.39, 0.29) is 12.4 Å². The van der Waals surface area contributed by atoms with Gasteiger partial charge in [-0.2, -0.15) is 0 Å². The minimum absolute atomic E-state index is 0. The normalized spacial score (nSPS) is 23.8. The van der Waals surface area contributed by atoms with Crippen molar-refractivity contribution in [3.8, 4) is 11.5 Å². The van der Waals surface area contributed by atoms with Crippen LogP contribution < -0.4 is 4.74 Å². The first-order chi connectivity index (χ1) is 11.4. The predicted molar refractivity (Wildman–Crippen MR) is 101 cm³/mol. The molecule has 2 nitrogen and oxygen atoms in total. The molecule has 0 radical (unpaired) electrons. The average Bonchev–Trinajstić information content (AvgIpc) is 2.63. The predicted octanol–water partition coefficient (Wildman–Crippen LogP) is 5.98. The van der Waals surface area contributed by atoms with E-state index >= 15 is 0 Å². The Kier molecular flexibility index (Phi) is 5.80. The fourth-order valence-electron chi connectivity index (χ4n) is 4.20. The molecule has 2 atom stereocenters. The summed E-state index contributed by atoms with van der Waals surface area (Å²) in [6.07, 6.45) is 8.24. The number of rotatable bonds is 3. The molecule has 128 valence electrons. The van der Waals surface area contributed by atoms with Crippen molar-refractivity contribution in [1.82, 2.24) is 4.90 Å². The molecular formula is C21H26ClNO. The summed E-state index contributed by atoms with van der Waals surface area (Å²) in [5.74, 6) is 1.82. The summed E-state index contributed by atoms with van der Waals surface area (Å²) in [4.78, 5) is 2.76. The van der Waals surface area contributed by atoms with Crippen LogP contribution in [0.2, 0.25) is 0 Å². The van der Waals surface area contributed by atoms with Gasteiger partial charge in [-0.05, 0) is 68.5 Å². The number of piperidine rings is 2. The number of benzene rings is 2. The third-order valence-corrected chi connectivity index (χ3v) is 5.33. The quantitative estimate of drug-likeness (QED) is 0.679. The van der Waals surface area contributed by atoms with Gasteiger partial charge in [0, 0.05) is 12.1 Å². The molecule has 0 N–H and O–H groups in total. The number of nitrogens with zero attached hydrogens (tertiary/aromatic N) is 1. The lowest BCUT2D eigenvalue weighted by molar-refractivity contribution is 0.0518.